The Morgan fingerprint density at radius 2 is 1.96 bits per heavy atom. The number of rotatable bonds is 5. The minimum Gasteiger partial charge on any atom is -0.380 e. The van der Waals surface area contributed by atoms with E-state index in [-0.39, 0.29) is 5.01 Å². The van der Waals surface area contributed by atoms with Crippen LogP contribution in [0.3, 0.4) is 0 Å². The van der Waals surface area contributed by atoms with Crippen molar-refractivity contribution in [2.75, 3.05) is 24.3 Å². The molecule has 0 saturated carbocycles. The molecule has 0 fully saturated rings. The molecule has 23 heavy (non-hydrogen) atoms. The number of benzene rings is 1. The van der Waals surface area contributed by atoms with E-state index in [2.05, 4.69) is 20.3 Å². The Hall–Kier alpha value is -2.35. The first-order chi connectivity index (χ1) is 11.0. The minimum atomic E-state index is -2.55. The van der Waals surface area contributed by atoms with Crippen molar-refractivity contribution in [3.05, 3.63) is 41.2 Å². The SMILES string of the molecule is CN(C)c1ncc(CNc2cccc3nc(C(F)F)sc23)cn1. The number of aromatic nitrogens is 3. The van der Waals surface area contributed by atoms with Gasteiger partial charge in [-0.15, -0.1) is 11.3 Å². The summed E-state index contributed by atoms with van der Waals surface area (Å²) in [5.41, 5.74) is 2.27. The number of nitrogens with zero attached hydrogens (tertiary/aromatic N) is 4. The monoisotopic (exact) mass is 335 g/mol. The quantitative estimate of drug-likeness (QED) is 0.770. The Labute approximate surface area is 136 Å². The molecule has 5 nitrogen and oxygen atoms in total. The molecule has 0 aliphatic rings. The summed E-state index contributed by atoms with van der Waals surface area (Å²) < 4.78 is 26.3. The van der Waals surface area contributed by atoms with E-state index in [0.717, 1.165) is 27.3 Å². The molecule has 0 aliphatic heterocycles. The van der Waals surface area contributed by atoms with Crippen LogP contribution in [0.1, 0.15) is 17.0 Å². The summed E-state index contributed by atoms with van der Waals surface area (Å²) in [6.07, 6.45) is 0.937. The maximum Gasteiger partial charge on any atom is 0.289 e. The van der Waals surface area contributed by atoms with E-state index in [1.807, 2.05) is 25.1 Å². The van der Waals surface area contributed by atoms with E-state index in [0.29, 0.717) is 18.0 Å². The average Bonchev–Trinajstić information content (AvgIpc) is 2.98. The van der Waals surface area contributed by atoms with Crippen molar-refractivity contribution >= 4 is 33.2 Å². The highest BCUT2D eigenvalue weighted by molar-refractivity contribution is 7.19. The lowest BCUT2D eigenvalue weighted by molar-refractivity contribution is 0.151. The fraction of sp³-hybridized carbons (Fsp3) is 0.267. The molecule has 1 N–H and O–H groups in total. The molecule has 1 aromatic carbocycles. The number of nitrogens with one attached hydrogen (secondary N) is 1. The predicted octanol–water partition coefficient (Wildman–Crippen LogP) is 3.70. The lowest BCUT2D eigenvalue weighted by Crippen LogP contribution is -2.13. The molecular formula is C15H15F2N5S. The van der Waals surface area contributed by atoms with Gasteiger partial charge in [0.15, 0.2) is 5.01 Å². The van der Waals surface area contributed by atoms with Gasteiger partial charge in [-0.3, -0.25) is 0 Å². The van der Waals surface area contributed by atoms with Crippen LogP contribution in [-0.2, 0) is 6.54 Å². The minimum absolute atomic E-state index is 0.159. The number of fused-ring (bicyclic) bond motifs is 1. The first kappa shape index (κ1) is 15.5. The molecule has 0 atom stereocenters. The number of anilines is 2. The molecule has 0 unspecified atom stereocenters. The fourth-order valence-corrected chi connectivity index (χ4v) is 2.98. The lowest BCUT2D eigenvalue weighted by atomic mass is 10.2. The summed E-state index contributed by atoms with van der Waals surface area (Å²) in [4.78, 5) is 14.3. The van der Waals surface area contributed by atoms with Crippen LogP contribution in [0.5, 0.6) is 0 Å². The smallest absolute Gasteiger partial charge is 0.289 e. The first-order valence-corrected chi connectivity index (χ1v) is 7.76. The molecule has 8 heteroatoms. The molecule has 0 aliphatic carbocycles. The van der Waals surface area contributed by atoms with Gasteiger partial charge in [-0.2, -0.15) is 0 Å². The molecule has 2 aromatic heterocycles. The second kappa shape index (κ2) is 6.41. The molecule has 0 bridgehead atoms. The Kier molecular flexibility index (Phi) is 4.33. The van der Waals surface area contributed by atoms with E-state index in [1.54, 1.807) is 24.5 Å². The zero-order chi connectivity index (χ0) is 16.4. The Balaban J connectivity index is 1.78. The zero-order valence-electron chi connectivity index (χ0n) is 12.6. The summed E-state index contributed by atoms with van der Waals surface area (Å²) in [6, 6.07) is 5.38. The molecule has 0 amide bonds. The van der Waals surface area contributed by atoms with Crippen LogP contribution < -0.4 is 10.2 Å². The summed E-state index contributed by atoms with van der Waals surface area (Å²) >= 11 is 1.01. The summed E-state index contributed by atoms with van der Waals surface area (Å²) in [7, 11) is 3.75. The van der Waals surface area contributed by atoms with Crippen LogP contribution >= 0.6 is 11.3 Å². The lowest BCUT2D eigenvalue weighted by Gasteiger charge is -2.10. The third kappa shape index (κ3) is 3.37. The Morgan fingerprint density at radius 3 is 2.61 bits per heavy atom. The van der Waals surface area contributed by atoms with Crippen LogP contribution in [0.4, 0.5) is 20.4 Å². The highest BCUT2D eigenvalue weighted by Gasteiger charge is 2.15. The standard InChI is InChI=1S/C15H15F2N5S/c1-22(2)15-19-7-9(8-20-15)6-18-10-4-3-5-11-12(10)23-14(21-11)13(16)17/h3-5,7-8,13,18H,6H2,1-2H3. The summed E-state index contributed by atoms with van der Waals surface area (Å²) in [6.45, 7) is 0.509. The maximum atomic E-state index is 12.8. The second-order valence-electron chi connectivity index (χ2n) is 5.15. The second-order valence-corrected chi connectivity index (χ2v) is 6.18. The van der Waals surface area contributed by atoms with Gasteiger partial charge in [-0.25, -0.2) is 23.7 Å². The van der Waals surface area contributed by atoms with E-state index in [1.165, 1.54) is 0 Å². The number of alkyl halides is 2. The average molecular weight is 335 g/mol. The molecule has 0 spiro atoms. The van der Waals surface area contributed by atoms with Gasteiger partial charge in [0, 0.05) is 38.6 Å². The van der Waals surface area contributed by atoms with E-state index >= 15 is 0 Å². The third-order valence-corrected chi connectivity index (χ3v) is 4.30. The normalized spacial score (nSPS) is 11.2. The first-order valence-electron chi connectivity index (χ1n) is 6.94. The largest absolute Gasteiger partial charge is 0.380 e. The van der Waals surface area contributed by atoms with Crippen molar-refractivity contribution in [2.45, 2.75) is 13.0 Å². The van der Waals surface area contributed by atoms with Gasteiger partial charge < -0.3 is 10.2 Å². The van der Waals surface area contributed by atoms with Crippen LogP contribution in [0.25, 0.3) is 10.2 Å². The van der Waals surface area contributed by atoms with Crippen molar-refractivity contribution in [2.24, 2.45) is 0 Å². The molecular weight excluding hydrogens is 320 g/mol. The zero-order valence-corrected chi connectivity index (χ0v) is 13.4. The summed E-state index contributed by atoms with van der Waals surface area (Å²) in [5.74, 6) is 0.639. The van der Waals surface area contributed by atoms with E-state index in [4.69, 9.17) is 0 Å². The van der Waals surface area contributed by atoms with Gasteiger partial charge in [-0.05, 0) is 12.1 Å². The van der Waals surface area contributed by atoms with Gasteiger partial charge in [0.2, 0.25) is 5.95 Å². The summed E-state index contributed by atoms with van der Waals surface area (Å²) in [5, 5.41) is 3.08. The van der Waals surface area contributed by atoms with Gasteiger partial charge in [0.25, 0.3) is 6.43 Å². The van der Waals surface area contributed by atoms with Crippen LogP contribution in [0.15, 0.2) is 30.6 Å². The molecule has 3 rings (SSSR count). The van der Waals surface area contributed by atoms with Crippen molar-refractivity contribution in [3.63, 3.8) is 0 Å². The number of hydrogen-bond donors (Lipinski definition) is 1. The van der Waals surface area contributed by atoms with Crippen LogP contribution in [0.2, 0.25) is 0 Å². The van der Waals surface area contributed by atoms with E-state index < -0.39 is 6.43 Å². The van der Waals surface area contributed by atoms with Gasteiger partial charge in [0.1, 0.15) is 0 Å². The van der Waals surface area contributed by atoms with Crippen molar-refractivity contribution in [3.8, 4) is 0 Å². The van der Waals surface area contributed by atoms with Crippen LogP contribution in [0, 0.1) is 0 Å². The highest BCUT2D eigenvalue weighted by Crippen LogP contribution is 2.33. The fourth-order valence-electron chi connectivity index (χ4n) is 2.07. The molecule has 2 heterocycles. The van der Waals surface area contributed by atoms with Gasteiger partial charge in [0.05, 0.1) is 15.9 Å². The van der Waals surface area contributed by atoms with Crippen molar-refractivity contribution in [1.82, 2.24) is 15.0 Å². The Morgan fingerprint density at radius 1 is 1.22 bits per heavy atom. The number of halogens is 2. The molecule has 0 saturated heterocycles. The molecule has 0 radical (unpaired) electrons. The van der Waals surface area contributed by atoms with Crippen LogP contribution in [-0.4, -0.2) is 29.0 Å². The van der Waals surface area contributed by atoms with Gasteiger partial charge in [-0.1, -0.05) is 6.07 Å². The molecule has 3 aromatic rings. The van der Waals surface area contributed by atoms with Gasteiger partial charge >= 0.3 is 0 Å². The third-order valence-electron chi connectivity index (χ3n) is 3.19. The number of thiazole rings is 1. The highest BCUT2D eigenvalue weighted by atomic mass is 32.1. The number of hydrogen-bond acceptors (Lipinski definition) is 6. The van der Waals surface area contributed by atoms with Crippen molar-refractivity contribution in [1.29, 1.82) is 0 Å². The maximum absolute atomic E-state index is 12.8. The Bertz CT molecular complexity index is 801. The molecule has 120 valence electrons. The van der Waals surface area contributed by atoms with Crippen molar-refractivity contribution < 1.29 is 8.78 Å². The van der Waals surface area contributed by atoms with E-state index in [9.17, 15) is 8.78 Å². The predicted molar refractivity (Wildman–Crippen MR) is 88.3 cm³/mol. The topological polar surface area (TPSA) is 53.9 Å².